The van der Waals surface area contributed by atoms with Crippen molar-refractivity contribution < 1.29 is 4.39 Å². The van der Waals surface area contributed by atoms with Gasteiger partial charge in [-0.15, -0.1) is 11.6 Å². The highest BCUT2D eigenvalue weighted by Crippen LogP contribution is 2.26. The highest BCUT2D eigenvalue weighted by Gasteiger charge is 2.11. The van der Waals surface area contributed by atoms with E-state index in [0.717, 1.165) is 17.7 Å². The number of rotatable bonds is 4. The molecule has 0 amide bonds. The Kier molecular flexibility index (Phi) is 4.38. The minimum atomic E-state index is -0.263. The summed E-state index contributed by atoms with van der Waals surface area (Å²) in [6, 6.07) is 10.5. The van der Waals surface area contributed by atoms with E-state index in [9.17, 15) is 4.39 Å². The van der Waals surface area contributed by atoms with E-state index in [4.69, 9.17) is 11.6 Å². The van der Waals surface area contributed by atoms with Crippen LogP contribution in [0.2, 0.25) is 0 Å². The van der Waals surface area contributed by atoms with Crippen LogP contribution < -0.4 is 4.90 Å². The third kappa shape index (κ3) is 3.04. The fourth-order valence-corrected chi connectivity index (χ4v) is 2.06. The summed E-state index contributed by atoms with van der Waals surface area (Å²) in [5, 5.41) is 0. The first kappa shape index (κ1) is 13.8. The van der Waals surface area contributed by atoms with Gasteiger partial charge >= 0.3 is 0 Å². The summed E-state index contributed by atoms with van der Waals surface area (Å²) in [6.07, 6.45) is 0.822. The van der Waals surface area contributed by atoms with Crippen LogP contribution >= 0.6 is 11.6 Å². The van der Waals surface area contributed by atoms with Gasteiger partial charge in [-0.25, -0.2) is 9.37 Å². The Morgan fingerprint density at radius 3 is 2.63 bits per heavy atom. The molecule has 0 unspecified atom stereocenters. The minimum Gasteiger partial charge on any atom is -0.327 e. The number of hydrogen-bond acceptors (Lipinski definition) is 2. The Bertz CT molecular complexity index is 550. The number of anilines is 2. The van der Waals surface area contributed by atoms with Gasteiger partial charge in [0, 0.05) is 18.6 Å². The molecule has 0 spiro atoms. The molecular formula is C15H16ClFN2. The minimum absolute atomic E-state index is 0.263. The molecule has 1 aromatic heterocycles. The summed E-state index contributed by atoms with van der Waals surface area (Å²) in [5.74, 6) is 0.870. The highest BCUT2D eigenvalue weighted by molar-refractivity contribution is 6.17. The molecule has 0 aliphatic carbocycles. The lowest BCUT2D eigenvalue weighted by Gasteiger charge is -2.20. The smallest absolute Gasteiger partial charge is 0.146 e. The van der Waals surface area contributed by atoms with E-state index < -0.39 is 0 Å². The number of para-hydroxylation sites is 1. The number of aromatic nitrogens is 1. The number of benzene rings is 1. The van der Waals surface area contributed by atoms with Gasteiger partial charge in [0.25, 0.3) is 0 Å². The maximum atomic E-state index is 13.8. The van der Waals surface area contributed by atoms with Crippen molar-refractivity contribution in [2.45, 2.75) is 19.2 Å². The van der Waals surface area contributed by atoms with Gasteiger partial charge in [0.2, 0.25) is 0 Å². The van der Waals surface area contributed by atoms with Crippen molar-refractivity contribution in [3.8, 4) is 0 Å². The predicted molar refractivity (Wildman–Crippen MR) is 77.6 cm³/mol. The molecule has 0 radical (unpaired) electrons. The molecule has 2 nitrogen and oxygen atoms in total. The summed E-state index contributed by atoms with van der Waals surface area (Å²) < 4.78 is 13.8. The second-order valence-corrected chi connectivity index (χ2v) is 4.59. The molecule has 0 bridgehead atoms. The van der Waals surface area contributed by atoms with E-state index in [2.05, 4.69) is 4.98 Å². The molecule has 2 rings (SSSR count). The van der Waals surface area contributed by atoms with Crippen LogP contribution in [0.1, 0.15) is 18.2 Å². The summed E-state index contributed by atoms with van der Waals surface area (Å²) in [5.41, 5.74) is 2.45. The molecule has 1 heterocycles. The van der Waals surface area contributed by atoms with Gasteiger partial charge in [-0.1, -0.05) is 19.1 Å². The van der Waals surface area contributed by atoms with Crippen molar-refractivity contribution in [1.29, 1.82) is 0 Å². The standard InChI is InChI=1S/C15H16ClFN2/c1-3-12-8-11(10-16)9-15(18-12)19(2)14-7-5-4-6-13(14)17/h4-9H,3,10H2,1-2H3. The van der Waals surface area contributed by atoms with E-state index in [0.29, 0.717) is 17.4 Å². The van der Waals surface area contributed by atoms with Gasteiger partial charge in [0.15, 0.2) is 0 Å². The third-order valence-electron chi connectivity index (χ3n) is 3.00. The van der Waals surface area contributed by atoms with Crippen molar-refractivity contribution in [3.63, 3.8) is 0 Å². The zero-order valence-electron chi connectivity index (χ0n) is 11.0. The molecule has 19 heavy (non-hydrogen) atoms. The average Bonchev–Trinajstić information content (AvgIpc) is 2.46. The lowest BCUT2D eigenvalue weighted by molar-refractivity contribution is 0.627. The van der Waals surface area contributed by atoms with Crippen LogP contribution in [0.25, 0.3) is 0 Å². The van der Waals surface area contributed by atoms with E-state index in [1.807, 2.05) is 19.1 Å². The number of hydrogen-bond donors (Lipinski definition) is 0. The molecule has 1 aromatic carbocycles. The van der Waals surface area contributed by atoms with Gasteiger partial charge in [-0.2, -0.15) is 0 Å². The van der Waals surface area contributed by atoms with Crippen molar-refractivity contribution in [2.75, 3.05) is 11.9 Å². The Morgan fingerprint density at radius 1 is 1.26 bits per heavy atom. The van der Waals surface area contributed by atoms with Crippen LogP contribution in [-0.2, 0) is 12.3 Å². The second kappa shape index (κ2) is 6.02. The summed E-state index contributed by atoms with van der Waals surface area (Å²) in [6.45, 7) is 2.03. The van der Waals surface area contributed by atoms with E-state index in [-0.39, 0.29) is 5.82 Å². The molecule has 0 aliphatic rings. The second-order valence-electron chi connectivity index (χ2n) is 4.32. The summed E-state index contributed by atoms with van der Waals surface area (Å²) in [4.78, 5) is 6.26. The number of aryl methyl sites for hydroxylation is 1. The van der Waals surface area contributed by atoms with Crippen LogP contribution in [0.3, 0.4) is 0 Å². The van der Waals surface area contributed by atoms with E-state index >= 15 is 0 Å². The number of pyridine rings is 1. The van der Waals surface area contributed by atoms with Crippen LogP contribution in [0.5, 0.6) is 0 Å². The van der Waals surface area contributed by atoms with Crippen LogP contribution in [0.15, 0.2) is 36.4 Å². The zero-order valence-corrected chi connectivity index (χ0v) is 11.8. The molecular weight excluding hydrogens is 263 g/mol. The molecule has 0 fully saturated rings. The van der Waals surface area contributed by atoms with E-state index in [1.165, 1.54) is 6.07 Å². The van der Waals surface area contributed by atoms with Crippen LogP contribution in [0, 0.1) is 5.82 Å². The molecule has 100 valence electrons. The first-order chi connectivity index (χ1) is 9.15. The quantitative estimate of drug-likeness (QED) is 0.776. The molecule has 0 N–H and O–H groups in total. The number of halogens is 2. The van der Waals surface area contributed by atoms with Gasteiger partial charge in [0.1, 0.15) is 11.6 Å². The Morgan fingerprint density at radius 2 is 2.00 bits per heavy atom. The van der Waals surface area contributed by atoms with Crippen molar-refractivity contribution in [1.82, 2.24) is 4.98 Å². The third-order valence-corrected chi connectivity index (χ3v) is 3.31. The molecule has 0 aliphatic heterocycles. The van der Waals surface area contributed by atoms with Gasteiger partial charge < -0.3 is 4.90 Å². The Labute approximate surface area is 117 Å². The largest absolute Gasteiger partial charge is 0.327 e. The van der Waals surface area contributed by atoms with Crippen LogP contribution in [-0.4, -0.2) is 12.0 Å². The SMILES string of the molecule is CCc1cc(CCl)cc(N(C)c2ccccc2F)n1. The summed E-state index contributed by atoms with van der Waals surface area (Å²) in [7, 11) is 1.80. The average molecular weight is 279 g/mol. The van der Waals surface area contributed by atoms with Crippen molar-refractivity contribution in [3.05, 3.63) is 53.5 Å². The Balaban J connectivity index is 2.43. The van der Waals surface area contributed by atoms with Gasteiger partial charge in [-0.3, -0.25) is 0 Å². The predicted octanol–water partition coefficient (Wildman–Crippen LogP) is 4.29. The van der Waals surface area contributed by atoms with E-state index in [1.54, 1.807) is 30.1 Å². The molecule has 0 atom stereocenters. The molecule has 0 saturated carbocycles. The topological polar surface area (TPSA) is 16.1 Å². The highest BCUT2D eigenvalue weighted by atomic mass is 35.5. The fourth-order valence-electron chi connectivity index (χ4n) is 1.91. The maximum absolute atomic E-state index is 13.8. The first-order valence-corrected chi connectivity index (χ1v) is 6.73. The van der Waals surface area contributed by atoms with Gasteiger partial charge in [0.05, 0.1) is 5.69 Å². The zero-order chi connectivity index (χ0) is 13.8. The Hall–Kier alpha value is -1.61. The van der Waals surface area contributed by atoms with Crippen LogP contribution in [0.4, 0.5) is 15.9 Å². The maximum Gasteiger partial charge on any atom is 0.146 e. The number of nitrogens with zero attached hydrogens (tertiary/aromatic N) is 2. The lowest BCUT2D eigenvalue weighted by atomic mass is 10.2. The monoisotopic (exact) mass is 278 g/mol. The molecule has 4 heteroatoms. The lowest BCUT2D eigenvalue weighted by Crippen LogP contribution is -2.14. The molecule has 2 aromatic rings. The van der Waals surface area contributed by atoms with Crippen molar-refractivity contribution >= 4 is 23.1 Å². The van der Waals surface area contributed by atoms with Crippen molar-refractivity contribution in [2.24, 2.45) is 0 Å². The molecule has 0 saturated heterocycles. The fraction of sp³-hybridized carbons (Fsp3) is 0.267. The normalized spacial score (nSPS) is 10.5. The number of alkyl halides is 1. The van der Waals surface area contributed by atoms with Gasteiger partial charge in [-0.05, 0) is 36.2 Å². The first-order valence-electron chi connectivity index (χ1n) is 6.19. The summed E-state index contributed by atoms with van der Waals surface area (Å²) >= 11 is 5.89.